The van der Waals surface area contributed by atoms with Crippen LogP contribution in [-0.4, -0.2) is 75.1 Å². The maximum Gasteiger partial charge on any atom is 0.244 e. The van der Waals surface area contributed by atoms with E-state index in [0.29, 0.717) is 71.3 Å². The minimum Gasteiger partial charge on any atom is -0.379 e. The second kappa shape index (κ2) is 21.4. The van der Waals surface area contributed by atoms with Crippen LogP contribution in [0, 0.1) is 0 Å². The summed E-state index contributed by atoms with van der Waals surface area (Å²) in [5, 5.41) is 5.56. The fourth-order valence-electron chi connectivity index (χ4n) is 3.02. The first-order chi connectivity index (χ1) is 17.3. The summed E-state index contributed by atoms with van der Waals surface area (Å²) in [5.74, 6) is -0.668. The number of ketones is 2. The summed E-state index contributed by atoms with van der Waals surface area (Å²) in [7, 11) is 0. The molecule has 0 aliphatic carbocycles. The van der Waals surface area contributed by atoms with Gasteiger partial charge in [-0.15, -0.1) is 0 Å². The molecule has 0 bridgehead atoms. The van der Waals surface area contributed by atoms with Gasteiger partial charge in [0.05, 0.1) is 19.8 Å². The van der Waals surface area contributed by atoms with Crippen molar-refractivity contribution >= 4 is 23.4 Å². The van der Waals surface area contributed by atoms with E-state index in [4.69, 9.17) is 14.2 Å². The molecule has 0 radical (unpaired) electrons. The number of hydrogen-bond acceptors (Lipinski definition) is 7. The van der Waals surface area contributed by atoms with Gasteiger partial charge < -0.3 is 24.8 Å². The average Bonchev–Trinajstić information content (AvgIpc) is 2.89. The number of rotatable bonds is 25. The average molecular weight is 507 g/mol. The Labute approximate surface area is 215 Å². The number of unbranched alkanes of at least 4 members (excludes halogenated alkanes) is 2. The summed E-state index contributed by atoms with van der Waals surface area (Å²) in [4.78, 5) is 46.2. The summed E-state index contributed by atoms with van der Waals surface area (Å²) in [6.45, 7) is 15.8. The third-order valence-corrected chi connectivity index (χ3v) is 5.04. The number of hydrogen-bond donors (Lipinski definition) is 2. The Morgan fingerprint density at radius 1 is 0.611 bits per heavy atom. The molecule has 0 aromatic carbocycles. The highest BCUT2D eigenvalue weighted by atomic mass is 16.5. The lowest BCUT2D eigenvalue weighted by molar-refractivity contribution is -0.123. The highest BCUT2D eigenvalue weighted by Crippen LogP contribution is 2.12. The summed E-state index contributed by atoms with van der Waals surface area (Å²) in [6, 6.07) is 0. The van der Waals surface area contributed by atoms with Crippen molar-refractivity contribution in [3.8, 4) is 0 Å². The highest BCUT2D eigenvalue weighted by molar-refractivity contribution is 5.89. The maximum absolute atomic E-state index is 12.2. The smallest absolute Gasteiger partial charge is 0.244 e. The van der Waals surface area contributed by atoms with Crippen LogP contribution in [0.1, 0.15) is 44.9 Å². The third-order valence-electron chi connectivity index (χ3n) is 5.04. The molecular weight excluding hydrogens is 464 g/mol. The van der Waals surface area contributed by atoms with Crippen molar-refractivity contribution in [1.29, 1.82) is 0 Å². The molecule has 2 N–H and O–H groups in total. The predicted octanol–water partition coefficient (Wildman–Crippen LogP) is 2.62. The van der Waals surface area contributed by atoms with Crippen molar-refractivity contribution in [1.82, 2.24) is 10.6 Å². The standard InChI is InChI=1S/C27H42N2O7/c1-5-23(30)14-9-11-17-34-20-27(29-26(33)8-4,21-35-18-12-10-15-24(31)6-2)22-36-19-13-16-28-25(32)7-3/h5-8H,1-4,9-22H2,(H,28,32)(H,29,33). The van der Waals surface area contributed by atoms with E-state index in [1.807, 2.05) is 0 Å². The van der Waals surface area contributed by atoms with E-state index in [-0.39, 0.29) is 37.3 Å². The Morgan fingerprint density at radius 3 is 1.47 bits per heavy atom. The summed E-state index contributed by atoms with van der Waals surface area (Å²) < 4.78 is 17.5. The third kappa shape index (κ3) is 17.5. The minimum absolute atomic E-state index is 0.0107. The summed E-state index contributed by atoms with van der Waals surface area (Å²) in [6.07, 6.45) is 9.06. The zero-order chi connectivity index (χ0) is 27.1. The minimum atomic E-state index is -0.969. The molecule has 0 saturated heterocycles. The molecule has 0 rings (SSSR count). The highest BCUT2D eigenvalue weighted by Gasteiger charge is 2.33. The second-order valence-corrected chi connectivity index (χ2v) is 8.24. The maximum atomic E-state index is 12.2. The van der Waals surface area contributed by atoms with E-state index < -0.39 is 11.4 Å². The monoisotopic (exact) mass is 506 g/mol. The molecular formula is C27H42N2O7. The van der Waals surface area contributed by atoms with Gasteiger partial charge in [-0.25, -0.2) is 0 Å². The van der Waals surface area contributed by atoms with Crippen LogP contribution < -0.4 is 10.6 Å². The first kappa shape index (κ1) is 33.1. The summed E-state index contributed by atoms with van der Waals surface area (Å²) in [5.41, 5.74) is -0.969. The number of allylic oxidation sites excluding steroid dienone is 2. The van der Waals surface area contributed by atoms with Crippen molar-refractivity contribution in [3.05, 3.63) is 50.6 Å². The van der Waals surface area contributed by atoms with Crippen LogP contribution in [0.2, 0.25) is 0 Å². The zero-order valence-electron chi connectivity index (χ0n) is 21.4. The number of ether oxygens (including phenoxy) is 3. The Kier molecular flexibility index (Phi) is 19.7. The predicted molar refractivity (Wildman–Crippen MR) is 139 cm³/mol. The zero-order valence-corrected chi connectivity index (χ0v) is 21.4. The van der Waals surface area contributed by atoms with Crippen LogP contribution in [0.25, 0.3) is 0 Å². The van der Waals surface area contributed by atoms with Crippen molar-refractivity contribution in [2.24, 2.45) is 0 Å². The Hall–Kier alpha value is -2.88. The van der Waals surface area contributed by atoms with E-state index in [1.165, 1.54) is 24.3 Å². The molecule has 9 nitrogen and oxygen atoms in total. The molecule has 0 atom stereocenters. The first-order valence-corrected chi connectivity index (χ1v) is 12.2. The fraction of sp³-hybridized carbons (Fsp3) is 0.556. The molecule has 0 unspecified atom stereocenters. The van der Waals surface area contributed by atoms with Crippen molar-refractivity contribution < 1.29 is 33.4 Å². The molecule has 0 spiro atoms. The molecule has 0 aliphatic heterocycles. The van der Waals surface area contributed by atoms with Crippen LogP contribution in [0.4, 0.5) is 0 Å². The molecule has 0 heterocycles. The molecule has 0 fully saturated rings. The van der Waals surface area contributed by atoms with Crippen LogP contribution in [0.15, 0.2) is 50.6 Å². The van der Waals surface area contributed by atoms with Gasteiger partial charge in [-0.1, -0.05) is 26.3 Å². The van der Waals surface area contributed by atoms with Gasteiger partial charge in [0.1, 0.15) is 5.54 Å². The lowest BCUT2D eigenvalue weighted by Gasteiger charge is -2.34. The van der Waals surface area contributed by atoms with Crippen LogP contribution in [0.5, 0.6) is 0 Å². The van der Waals surface area contributed by atoms with Gasteiger partial charge >= 0.3 is 0 Å². The van der Waals surface area contributed by atoms with Crippen LogP contribution in [0.3, 0.4) is 0 Å². The molecule has 2 amide bonds. The largest absolute Gasteiger partial charge is 0.379 e. The van der Waals surface area contributed by atoms with Gasteiger partial charge in [-0.3, -0.25) is 19.2 Å². The van der Waals surface area contributed by atoms with Gasteiger partial charge in [0, 0.05) is 39.2 Å². The number of amides is 2. The van der Waals surface area contributed by atoms with Crippen molar-refractivity contribution in [3.63, 3.8) is 0 Å². The lowest BCUT2D eigenvalue weighted by atomic mass is 10.0. The van der Waals surface area contributed by atoms with E-state index >= 15 is 0 Å². The molecule has 0 saturated carbocycles. The van der Waals surface area contributed by atoms with Gasteiger partial charge in [-0.2, -0.15) is 0 Å². The van der Waals surface area contributed by atoms with E-state index in [0.717, 1.165) is 0 Å². The van der Waals surface area contributed by atoms with E-state index in [2.05, 4.69) is 36.9 Å². The van der Waals surface area contributed by atoms with Gasteiger partial charge in [0.25, 0.3) is 0 Å². The lowest BCUT2D eigenvalue weighted by Crippen LogP contribution is -2.58. The Bertz CT molecular complexity index is 655. The quantitative estimate of drug-likeness (QED) is 0.144. The second-order valence-electron chi connectivity index (χ2n) is 8.24. The van der Waals surface area contributed by atoms with Gasteiger partial charge in [-0.05, 0) is 56.4 Å². The fourth-order valence-corrected chi connectivity index (χ4v) is 3.02. The van der Waals surface area contributed by atoms with Crippen LogP contribution >= 0.6 is 0 Å². The Balaban J connectivity index is 4.93. The molecule has 0 aliphatic rings. The normalized spacial score (nSPS) is 10.8. The molecule has 36 heavy (non-hydrogen) atoms. The molecule has 9 heteroatoms. The van der Waals surface area contributed by atoms with Crippen molar-refractivity contribution in [2.45, 2.75) is 50.5 Å². The first-order valence-electron chi connectivity index (χ1n) is 12.2. The van der Waals surface area contributed by atoms with Crippen molar-refractivity contribution in [2.75, 3.05) is 46.2 Å². The molecule has 0 aromatic rings. The van der Waals surface area contributed by atoms with Gasteiger partial charge in [0.15, 0.2) is 11.6 Å². The Morgan fingerprint density at radius 2 is 1.06 bits per heavy atom. The van der Waals surface area contributed by atoms with E-state index in [1.54, 1.807) is 0 Å². The number of carbonyl (C=O) groups is 4. The SMILES string of the molecule is C=CC(=O)CCCCOCC(COCCCCC(=O)C=C)(COCCCNC(=O)C=C)NC(=O)C=C. The van der Waals surface area contributed by atoms with Gasteiger partial charge in [0.2, 0.25) is 11.8 Å². The van der Waals surface area contributed by atoms with Crippen LogP contribution in [-0.2, 0) is 33.4 Å². The number of carbonyl (C=O) groups excluding carboxylic acids is 4. The number of nitrogens with one attached hydrogen (secondary N) is 2. The molecule has 0 aromatic heterocycles. The molecule has 202 valence electrons. The topological polar surface area (TPSA) is 120 Å². The van der Waals surface area contributed by atoms with E-state index in [9.17, 15) is 19.2 Å². The summed E-state index contributed by atoms with van der Waals surface area (Å²) >= 11 is 0.